The van der Waals surface area contributed by atoms with Crippen LogP contribution < -0.4 is 10.6 Å². The number of ether oxygens (including phenoxy) is 1. The zero-order chi connectivity index (χ0) is 20.1. The highest BCUT2D eigenvalue weighted by Gasteiger charge is 2.31. The number of halogens is 1. The Hall–Kier alpha value is -1.02. The highest BCUT2D eigenvalue weighted by Crippen LogP contribution is 2.14. The quantitative estimate of drug-likeness (QED) is 0.266. The Kier molecular flexibility index (Phi) is 9.11. The summed E-state index contributed by atoms with van der Waals surface area (Å²) in [5, 5.41) is 15.5. The van der Waals surface area contributed by atoms with Gasteiger partial charge < -0.3 is 19.9 Å². The zero-order valence-electron chi connectivity index (χ0n) is 18.2. The summed E-state index contributed by atoms with van der Waals surface area (Å²) in [5.74, 6) is 2.64. The number of piperazine rings is 3. The van der Waals surface area contributed by atoms with E-state index in [4.69, 9.17) is 9.73 Å². The van der Waals surface area contributed by atoms with E-state index < -0.39 is 0 Å². The lowest BCUT2D eigenvalue weighted by molar-refractivity contribution is 0.0154. The van der Waals surface area contributed by atoms with Crippen LogP contribution in [-0.4, -0.2) is 120 Å². The Balaban J connectivity index is 0.00000256. The summed E-state index contributed by atoms with van der Waals surface area (Å²) in [6.45, 7) is 14.9. The van der Waals surface area contributed by atoms with Gasteiger partial charge in [-0.15, -0.1) is 34.2 Å². The number of hydrogen-bond acceptors (Lipinski definition) is 7. The topological polar surface area (TPSA) is 86.1 Å². The molecule has 1 atom stereocenters. The molecule has 1 aromatic rings. The van der Waals surface area contributed by atoms with Crippen molar-refractivity contribution in [1.29, 1.82) is 0 Å². The van der Waals surface area contributed by atoms with Crippen molar-refractivity contribution >= 4 is 29.9 Å². The molecule has 1 aromatic heterocycles. The third-order valence-electron chi connectivity index (χ3n) is 6.28. The van der Waals surface area contributed by atoms with E-state index in [1.54, 1.807) is 0 Å². The molecule has 0 aliphatic carbocycles. The number of aliphatic imine (C=N–C) groups is 1. The van der Waals surface area contributed by atoms with Gasteiger partial charge >= 0.3 is 0 Å². The Morgan fingerprint density at radius 2 is 1.87 bits per heavy atom. The molecule has 30 heavy (non-hydrogen) atoms. The molecule has 5 rings (SSSR count). The first-order valence-corrected chi connectivity index (χ1v) is 10.8. The third kappa shape index (κ3) is 6.25. The maximum atomic E-state index is 5.44. The van der Waals surface area contributed by atoms with Gasteiger partial charge in [0.25, 0.3) is 0 Å². The molecule has 0 spiro atoms. The van der Waals surface area contributed by atoms with Crippen LogP contribution in [-0.2, 0) is 18.3 Å². The van der Waals surface area contributed by atoms with E-state index in [2.05, 4.69) is 35.5 Å². The van der Waals surface area contributed by atoms with Crippen LogP contribution in [0.2, 0.25) is 0 Å². The van der Waals surface area contributed by atoms with E-state index in [1.165, 1.54) is 26.2 Å². The zero-order valence-corrected chi connectivity index (χ0v) is 20.5. The van der Waals surface area contributed by atoms with Crippen LogP contribution in [0, 0.1) is 6.92 Å². The Labute approximate surface area is 196 Å². The first-order valence-electron chi connectivity index (χ1n) is 10.8. The van der Waals surface area contributed by atoms with Crippen molar-refractivity contribution in [3.05, 3.63) is 11.6 Å². The van der Waals surface area contributed by atoms with Crippen molar-refractivity contribution in [3.63, 3.8) is 0 Å². The molecule has 10 nitrogen and oxygen atoms in total. The molecule has 5 heterocycles. The minimum absolute atomic E-state index is 0. The molecule has 0 aromatic carbocycles. The standard InChI is InChI=1S/C19H35N9O.HI/c1-16-23-24-18(25(16)2)14-22-19(20-3-4-26-9-11-29-12-10-26)21-13-17-15-27-5-7-28(17)8-6-27;/h17H,3-15H2,1-2H3,(H2,20,21,22);1H. The Bertz CT molecular complexity index is 684. The largest absolute Gasteiger partial charge is 0.379 e. The number of fused-ring (bicyclic) bond motifs is 3. The van der Waals surface area contributed by atoms with E-state index in [1.807, 2.05) is 18.5 Å². The predicted molar refractivity (Wildman–Crippen MR) is 127 cm³/mol. The summed E-state index contributed by atoms with van der Waals surface area (Å²) < 4.78 is 7.43. The average molecular weight is 533 g/mol. The first-order chi connectivity index (χ1) is 14.2. The second-order valence-corrected chi connectivity index (χ2v) is 8.14. The van der Waals surface area contributed by atoms with Gasteiger partial charge in [0.2, 0.25) is 0 Å². The fraction of sp³-hybridized carbons (Fsp3) is 0.842. The van der Waals surface area contributed by atoms with Crippen molar-refractivity contribution < 1.29 is 4.74 Å². The van der Waals surface area contributed by atoms with Gasteiger partial charge in [0.15, 0.2) is 11.8 Å². The normalized spacial score (nSPS) is 27.0. The number of rotatable bonds is 7. The number of aryl methyl sites for hydroxylation is 1. The van der Waals surface area contributed by atoms with Crippen LogP contribution in [0.5, 0.6) is 0 Å². The average Bonchev–Trinajstić information content (AvgIpc) is 3.09. The second kappa shape index (κ2) is 11.6. The summed E-state index contributed by atoms with van der Waals surface area (Å²) in [4.78, 5) is 12.4. The van der Waals surface area contributed by atoms with Crippen LogP contribution >= 0.6 is 24.0 Å². The van der Waals surface area contributed by atoms with Crippen LogP contribution in [0.15, 0.2) is 4.99 Å². The van der Waals surface area contributed by atoms with Gasteiger partial charge in [-0.3, -0.25) is 14.7 Å². The van der Waals surface area contributed by atoms with E-state index in [0.29, 0.717) is 12.6 Å². The smallest absolute Gasteiger partial charge is 0.191 e. The van der Waals surface area contributed by atoms with E-state index in [0.717, 1.165) is 70.1 Å². The highest BCUT2D eigenvalue weighted by atomic mass is 127. The Morgan fingerprint density at radius 3 is 2.50 bits per heavy atom. The lowest BCUT2D eigenvalue weighted by atomic mass is 10.1. The molecule has 2 N–H and O–H groups in total. The first kappa shape index (κ1) is 23.6. The summed E-state index contributed by atoms with van der Waals surface area (Å²) in [6, 6.07) is 0.556. The van der Waals surface area contributed by atoms with Crippen molar-refractivity contribution in [2.45, 2.75) is 19.5 Å². The number of nitrogens with one attached hydrogen (secondary N) is 2. The minimum atomic E-state index is 0. The monoisotopic (exact) mass is 533 g/mol. The molecule has 2 bridgehead atoms. The summed E-state index contributed by atoms with van der Waals surface area (Å²) in [6.07, 6.45) is 0. The van der Waals surface area contributed by atoms with Crippen molar-refractivity contribution in [2.24, 2.45) is 12.0 Å². The number of nitrogens with zero attached hydrogens (tertiary/aromatic N) is 7. The van der Waals surface area contributed by atoms with Gasteiger partial charge in [-0.1, -0.05) is 0 Å². The van der Waals surface area contributed by atoms with Crippen LogP contribution in [0.4, 0.5) is 0 Å². The summed E-state index contributed by atoms with van der Waals surface area (Å²) in [5.41, 5.74) is 0. The molecule has 0 amide bonds. The van der Waals surface area contributed by atoms with Gasteiger partial charge in [-0.05, 0) is 6.92 Å². The number of morpholine rings is 1. The maximum absolute atomic E-state index is 5.44. The van der Waals surface area contributed by atoms with Gasteiger partial charge in [-0.2, -0.15) is 0 Å². The van der Waals surface area contributed by atoms with E-state index in [-0.39, 0.29) is 24.0 Å². The maximum Gasteiger partial charge on any atom is 0.191 e. The molecule has 0 radical (unpaired) electrons. The number of aromatic nitrogens is 3. The molecule has 4 aliphatic heterocycles. The Morgan fingerprint density at radius 1 is 1.10 bits per heavy atom. The lowest BCUT2D eigenvalue weighted by Gasteiger charge is -2.47. The van der Waals surface area contributed by atoms with E-state index in [9.17, 15) is 0 Å². The van der Waals surface area contributed by atoms with Crippen molar-refractivity contribution in [3.8, 4) is 0 Å². The molecule has 1 unspecified atom stereocenters. The summed E-state index contributed by atoms with van der Waals surface area (Å²) >= 11 is 0. The van der Waals surface area contributed by atoms with E-state index >= 15 is 0 Å². The molecule has 0 saturated carbocycles. The third-order valence-corrected chi connectivity index (χ3v) is 6.28. The van der Waals surface area contributed by atoms with Gasteiger partial charge in [0, 0.05) is 78.5 Å². The SMILES string of the molecule is Cc1nnc(CN=C(NCCN2CCOCC2)NCC2CN3CCN2CC3)n1C.I. The predicted octanol–water partition coefficient (Wildman–Crippen LogP) is -0.891. The van der Waals surface area contributed by atoms with Crippen LogP contribution in [0.25, 0.3) is 0 Å². The molecular weight excluding hydrogens is 497 g/mol. The molecule has 170 valence electrons. The minimum Gasteiger partial charge on any atom is -0.379 e. The van der Waals surface area contributed by atoms with Crippen molar-refractivity contribution in [1.82, 2.24) is 40.1 Å². The molecular formula is C19H36IN9O. The van der Waals surface area contributed by atoms with Crippen LogP contribution in [0.3, 0.4) is 0 Å². The fourth-order valence-electron chi connectivity index (χ4n) is 4.20. The lowest BCUT2D eigenvalue weighted by Crippen LogP contribution is -2.64. The van der Waals surface area contributed by atoms with Gasteiger partial charge in [0.1, 0.15) is 12.4 Å². The molecule has 4 saturated heterocycles. The summed E-state index contributed by atoms with van der Waals surface area (Å²) in [7, 11) is 1.99. The molecule has 4 fully saturated rings. The second-order valence-electron chi connectivity index (χ2n) is 8.14. The van der Waals surface area contributed by atoms with Crippen molar-refractivity contribution in [2.75, 3.05) is 78.7 Å². The van der Waals surface area contributed by atoms with Crippen LogP contribution in [0.1, 0.15) is 11.6 Å². The molecule has 11 heteroatoms. The van der Waals surface area contributed by atoms with Gasteiger partial charge in [-0.25, -0.2) is 4.99 Å². The number of guanidine groups is 1. The van der Waals surface area contributed by atoms with Gasteiger partial charge in [0.05, 0.1) is 13.2 Å². The molecule has 4 aliphatic rings. The number of hydrogen-bond donors (Lipinski definition) is 2. The fourth-order valence-corrected chi connectivity index (χ4v) is 4.20. The highest BCUT2D eigenvalue weighted by molar-refractivity contribution is 14.0.